The molecule has 0 aliphatic rings. The third-order valence-corrected chi connectivity index (χ3v) is 20.8. The van der Waals surface area contributed by atoms with E-state index in [9.17, 15) is 0 Å². The van der Waals surface area contributed by atoms with Gasteiger partial charge < -0.3 is 0 Å². The maximum absolute atomic E-state index is 8.90. The summed E-state index contributed by atoms with van der Waals surface area (Å²) in [5.74, 6) is 0. The van der Waals surface area contributed by atoms with Gasteiger partial charge in [-0.15, -0.1) is 0 Å². The third kappa shape index (κ3) is 2.02. The summed E-state index contributed by atoms with van der Waals surface area (Å²) in [6.45, 7) is 9.14. The first kappa shape index (κ1) is 12.4. The first-order valence-corrected chi connectivity index (χ1v) is 10.8. The van der Waals surface area contributed by atoms with Crippen molar-refractivity contribution in [2.24, 2.45) is 0 Å². The van der Waals surface area contributed by atoms with Gasteiger partial charge in [0.2, 0.25) is 0 Å². The summed E-state index contributed by atoms with van der Waals surface area (Å²) in [5.41, 5.74) is 0. The van der Waals surface area contributed by atoms with Gasteiger partial charge in [0.05, 0.1) is 0 Å². The van der Waals surface area contributed by atoms with Crippen molar-refractivity contribution in [3.8, 4) is 4.97 Å². The Morgan fingerprint density at radius 3 is 1.42 bits per heavy atom. The molecule has 0 bridgehead atoms. The molecule has 0 spiro atoms. The van der Waals surface area contributed by atoms with Crippen LogP contribution in [0.1, 0.15) is 27.7 Å². The van der Waals surface area contributed by atoms with E-state index in [1.54, 1.807) is 0 Å². The standard InChI is InChI=1S/C9H20NPSe/c1-5-11(6-2,7-3,8-4)12-9-10/h5-8H2,1-4H3. The van der Waals surface area contributed by atoms with E-state index in [1.165, 1.54) is 24.6 Å². The molecule has 0 aromatic carbocycles. The summed E-state index contributed by atoms with van der Waals surface area (Å²) in [6.07, 6.45) is 5.12. The molecule has 0 saturated carbocycles. The van der Waals surface area contributed by atoms with Gasteiger partial charge in [-0.1, -0.05) is 0 Å². The summed E-state index contributed by atoms with van der Waals surface area (Å²) >= 11 is 0.262. The van der Waals surface area contributed by atoms with Crippen molar-refractivity contribution in [1.82, 2.24) is 0 Å². The molecule has 12 heavy (non-hydrogen) atoms. The van der Waals surface area contributed by atoms with Gasteiger partial charge in [-0.2, -0.15) is 0 Å². The fraction of sp³-hybridized carbons (Fsp3) is 0.889. The average molecular weight is 252 g/mol. The van der Waals surface area contributed by atoms with Gasteiger partial charge in [0.25, 0.3) is 0 Å². The SMILES string of the molecule is CCP(CC)(CC)(CC)[Se]C#N. The molecular formula is C9H20NPSe. The third-order valence-electron chi connectivity index (χ3n) is 3.50. The van der Waals surface area contributed by atoms with Gasteiger partial charge in [-0.05, 0) is 0 Å². The maximum atomic E-state index is 8.90. The molecule has 0 fully saturated rings. The first-order valence-electron chi connectivity index (χ1n) is 4.70. The normalized spacial score (nSPS) is 14.8. The zero-order chi connectivity index (χ0) is 9.69. The van der Waals surface area contributed by atoms with Crippen molar-refractivity contribution < 1.29 is 0 Å². The van der Waals surface area contributed by atoms with Crippen molar-refractivity contribution in [3.63, 3.8) is 0 Å². The molecule has 3 heteroatoms. The van der Waals surface area contributed by atoms with E-state index in [1.807, 2.05) is 0 Å². The number of nitriles is 1. The molecule has 0 radical (unpaired) electrons. The van der Waals surface area contributed by atoms with Crippen molar-refractivity contribution in [2.75, 3.05) is 24.6 Å². The fourth-order valence-corrected chi connectivity index (χ4v) is 9.85. The van der Waals surface area contributed by atoms with Crippen molar-refractivity contribution in [3.05, 3.63) is 0 Å². The van der Waals surface area contributed by atoms with Gasteiger partial charge >= 0.3 is 82.4 Å². The Labute approximate surface area is 82.6 Å². The molecule has 1 nitrogen and oxygen atoms in total. The average Bonchev–Trinajstić information content (AvgIpc) is 2.16. The van der Waals surface area contributed by atoms with Crippen LogP contribution in [0.25, 0.3) is 0 Å². The Kier molecular flexibility index (Phi) is 4.78. The quantitative estimate of drug-likeness (QED) is 0.545. The molecule has 0 aliphatic carbocycles. The van der Waals surface area contributed by atoms with Gasteiger partial charge in [0, 0.05) is 0 Å². The van der Waals surface area contributed by atoms with Crippen LogP contribution in [0.2, 0.25) is 0 Å². The van der Waals surface area contributed by atoms with Crippen LogP contribution in [0.3, 0.4) is 0 Å². The second kappa shape index (κ2) is 4.61. The Bertz CT molecular complexity index is 158. The Morgan fingerprint density at radius 1 is 1.00 bits per heavy atom. The second-order valence-corrected chi connectivity index (χ2v) is 17.8. The van der Waals surface area contributed by atoms with Crippen LogP contribution in [0.4, 0.5) is 0 Å². The summed E-state index contributed by atoms with van der Waals surface area (Å²) < 4.78 is 0. The monoisotopic (exact) mass is 253 g/mol. The molecule has 0 N–H and O–H groups in total. The molecule has 0 rings (SSSR count). The van der Waals surface area contributed by atoms with Crippen LogP contribution in [0.5, 0.6) is 0 Å². The van der Waals surface area contributed by atoms with E-state index in [0.717, 1.165) is 0 Å². The predicted molar refractivity (Wildman–Crippen MR) is 60.5 cm³/mol. The van der Waals surface area contributed by atoms with Crippen molar-refractivity contribution in [1.29, 1.82) is 5.26 Å². The summed E-state index contributed by atoms with van der Waals surface area (Å²) in [7, 11) is 0. The first-order chi connectivity index (χ1) is 5.62. The zero-order valence-corrected chi connectivity index (χ0v) is 11.2. The number of rotatable bonds is 5. The van der Waals surface area contributed by atoms with Gasteiger partial charge in [-0.3, -0.25) is 0 Å². The number of hydrogen-bond acceptors (Lipinski definition) is 1. The fourth-order valence-electron chi connectivity index (χ4n) is 1.72. The van der Waals surface area contributed by atoms with E-state index >= 15 is 0 Å². The van der Waals surface area contributed by atoms with E-state index in [0.29, 0.717) is 0 Å². The van der Waals surface area contributed by atoms with Gasteiger partial charge in [-0.25, -0.2) is 0 Å². The summed E-state index contributed by atoms with van der Waals surface area (Å²) in [4.78, 5) is 2.47. The zero-order valence-electron chi connectivity index (χ0n) is 8.63. The predicted octanol–water partition coefficient (Wildman–Crippen LogP) is 2.72. The number of hydrogen-bond donors (Lipinski definition) is 0. The van der Waals surface area contributed by atoms with E-state index < -0.39 is 5.29 Å². The topological polar surface area (TPSA) is 23.8 Å². The molecule has 0 aromatic rings. The van der Waals surface area contributed by atoms with Crippen LogP contribution in [0.15, 0.2) is 0 Å². The van der Waals surface area contributed by atoms with Gasteiger partial charge in [0.15, 0.2) is 0 Å². The van der Waals surface area contributed by atoms with Crippen LogP contribution in [0, 0.1) is 10.2 Å². The van der Waals surface area contributed by atoms with Crippen LogP contribution < -0.4 is 0 Å². The van der Waals surface area contributed by atoms with Crippen LogP contribution >= 0.6 is 5.29 Å². The minimum absolute atomic E-state index is 0.262. The Morgan fingerprint density at radius 2 is 1.33 bits per heavy atom. The molecule has 72 valence electrons. The Hall–Kier alpha value is 0.439. The van der Waals surface area contributed by atoms with Crippen LogP contribution in [-0.2, 0) is 0 Å². The number of nitrogens with zero attached hydrogens (tertiary/aromatic N) is 1. The summed E-state index contributed by atoms with van der Waals surface area (Å²) in [5, 5.41) is 7.40. The minimum atomic E-state index is -1.51. The van der Waals surface area contributed by atoms with Crippen molar-refractivity contribution >= 4 is 19.8 Å². The van der Waals surface area contributed by atoms with E-state index in [2.05, 4.69) is 32.7 Å². The second-order valence-electron chi connectivity index (χ2n) is 3.31. The molecule has 0 heterocycles. The Balaban J connectivity index is 4.86. The molecule has 0 aromatic heterocycles. The molecule has 0 aliphatic heterocycles. The molecule has 0 unspecified atom stereocenters. The van der Waals surface area contributed by atoms with E-state index in [4.69, 9.17) is 5.26 Å². The molecule has 0 saturated heterocycles. The van der Waals surface area contributed by atoms with Crippen LogP contribution in [-0.4, -0.2) is 39.2 Å². The molecule has 0 amide bonds. The van der Waals surface area contributed by atoms with Crippen molar-refractivity contribution in [2.45, 2.75) is 27.7 Å². The van der Waals surface area contributed by atoms with Gasteiger partial charge in [0.1, 0.15) is 0 Å². The molecular weight excluding hydrogens is 232 g/mol. The molecule has 0 atom stereocenters. The van der Waals surface area contributed by atoms with E-state index in [-0.39, 0.29) is 14.5 Å². The summed E-state index contributed by atoms with van der Waals surface area (Å²) in [6, 6.07) is 0.